The van der Waals surface area contributed by atoms with E-state index in [-0.39, 0.29) is 31.1 Å². The summed E-state index contributed by atoms with van der Waals surface area (Å²) in [6, 6.07) is 9.75. The summed E-state index contributed by atoms with van der Waals surface area (Å²) >= 11 is 1.55. The summed E-state index contributed by atoms with van der Waals surface area (Å²) in [7, 11) is 0. The van der Waals surface area contributed by atoms with E-state index in [9.17, 15) is 14.4 Å². The summed E-state index contributed by atoms with van der Waals surface area (Å²) in [6.45, 7) is 4.97. The highest BCUT2D eigenvalue weighted by Gasteiger charge is 2.23. The summed E-state index contributed by atoms with van der Waals surface area (Å²) < 4.78 is 10.1. The summed E-state index contributed by atoms with van der Waals surface area (Å²) in [5.74, 6) is -0.706. The summed E-state index contributed by atoms with van der Waals surface area (Å²) in [5.41, 5.74) is 1.68. The molecule has 27 heavy (non-hydrogen) atoms. The van der Waals surface area contributed by atoms with E-state index in [0.717, 1.165) is 4.90 Å². The maximum atomic E-state index is 12.4. The smallest absolute Gasteiger partial charge is 0.355 e. The van der Waals surface area contributed by atoms with Crippen LogP contribution in [-0.2, 0) is 14.3 Å². The minimum atomic E-state index is -0.507. The Kier molecular flexibility index (Phi) is 7.67. The van der Waals surface area contributed by atoms with Gasteiger partial charge in [-0.05, 0) is 38.5 Å². The van der Waals surface area contributed by atoms with Crippen LogP contribution in [-0.4, -0.2) is 41.7 Å². The van der Waals surface area contributed by atoms with Crippen molar-refractivity contribution in [3.8, 4) is 0 Å². The van der Waals surface area contributed by atoms with Gasteiger partial charge in [0.25, 0.3) is 0 Å². The van der Waals surface area contributed by atoms with Crippen molar-refractivity contribution >= 4 is 29.5 Å². The van der Waals surface area contributed by atoms with E-state index in [2.05, 4.69) is 4.98 Å². The van der Waals surface area contributed by atoms with Crippen LogP contribution in [0.2, 0.25) is 0 Å². The molecule has 144 valence electrons. The number of carbonyl (C=O) groups excluding carboxylic acids is 3. The van der Waals surface area contributed by atoms with Crippen molar-refractivity contribution in [2.45, 2.75) is 32.1 Å². The average molecular weight is 389 g/mol. The molecule has 7 heteroatoms. The molecule has 6 nitrogen and oxygen atoms in total. The molecule has 1 aromatic carbocycles. The minimum absolute atomic E-state index is 0.214. The zero-order valence-electron chi connectivity index (χ0n) is 15.7. The third-order valence-corrected chi connectivity index (χ3v) is 4.89. The normalized spacial score (nSPS) is 10.5. The van der Waals surface area contributed by atoms with Crippen LogP contribution in [0, 0.1) is 13.8 Å². The third-order valence-electron chi connectivity index (χ3n) is 3.88. The lowest BCUT2D eigenvalue weighted by atomic mass is 10.1. The van der Waals surface area contributed by atoms with Crippen LogP contribution < -0.4 is 0 Å². The first-order chi connectivity index (χ1) is 12.9. The van der Waals surface area contributed by atoms with Gasteiger partial charge in [0.2, 0.25) is 5.78 Å². The van der Waals surface area contributed by atoms with Gasteiger partial charge in [0.15, 0.2) is 6.61 Å². The lowest BCUT2D eigenvalue weighted by Crippen LogP contribution is -2.16. The number of ether oxygens (including phenoxy) is 2. The number of esters is 2. The number of ketones is 1. The molecule has 0 bridgehead atoms. The second-order valence-corrected chi connectivity index (χ2v) is 7.01. The van der Waals surface area contributed by atoms with E-state index in [1.54, 1.807) is 32.5 Å². The highest BCUT2D eigenvalue weighted by atomic mass is 32.2. The molecule has 0 aliphatic heterocycles. The summed E-state index contributed by atoms with van der Waals surface area (Å²) in [4.78, 5) is 40.2. The van der Waals surface area contributed by atoms with Gasteiger partial charge in [-0.2, -0.15) is 0 Å². The molecule has 0 atom stereocenters. The number of carbonyl (C=O) groups is 3. The number of nitrogens with one attached hydrogen (secondary N) is 1. The van der Waals surface area contributed by atoms with Gasteiger partial charge in [0, 0.05) is 21.9 Å². The third kappa shape index (κ3) is 5.72. The molecular weight excluding hydrogens is 366 g/mol. The Morgan fingerprint density at radius 2 is 1.78 bits per heavy atom. The van der Waals surface area contributed by atoms with Crippen molar-refractivity contribution in [3.63, 3.8) is 0 Å². The number of aromatic amines is 1. The van der Waals surface area contributed by atoms with Crippen molar-refractivity contribution in [3.05, 3.63) is 52.8 Å². The van der Waals surface area contributed by atoms with Gasteiger partial charge in [-0.25, -0.2) is 4.79 Å². The van der Waals surface area contributed by atoms with Crippen molar-refractivity contribution in [2.75, 3.05) is 19.0 Å². The zero-order chi connectivity index (χ0) is 19.8. The Bertz CT molecular complexity index is 813. The van der Waals surface area contributed by atoms with Crippen LogP contribution in [0.25, 0.3) is 0 Å². The monoisotopic (exact) mass is 389 g/mol. The van der Waals surface area contributed by atoms with Crippen LogP contribution in [0.1, 0.15) is 45.4 Å². The average Bonchev–Trinajstić information content (AvgIpc) is 2.95. The first kappa shape index (κ1) is 20.8. The maximum Gasteiger partial charge on any atom is 0.355 e. The van der Waals surface area contributed by atoms with Gasteiger partial charge in [-0.1, -0.05) is 18.2 Å². The number of aromatic nitrogens is 1. The van der Waals surface area contributed by atoms with Crippen molar-refractivity contribution in [1.82, 2.24) is 4.98 Å². The van der Waals surface area contributed by atoms with Crippen LogP contribution in [0.4, 0.5) is 0 Å². The Morgan fingerprint density at radius 3 is 2.44 bits per heavy atom. The molecule has 0 saturated carbocycles. The molecule has 0 aliphatic carbocycles. The van der Waals surface area contributed by atoms with Gasteiger partial charge in [-0.15, -0.1) is 11.8 Å². The molecule has 2 rings (SSSR count). The minimum Gasteiger partial charge on any atom is -0.461 e. The Morgan fingerprint density at radius 1 is 1.07 bits per heavy atom. The zero-order valence-corrected chi connectivity index (χ0v) is 16.5. The first-order valence-corrected chi connectivity index (χ1v) is 9.65. The quantitative estimate of drug-likeness (QED) is 0.400. The largest absolute Gasteiger partial charge is 0.461 e. The van der Waals surface area contributed by atoms with Crippen molar-refractivity contribution in [2.24, 2.45) is 0 Å². The van der Waals surface area contributed by atoms with Gasteiger partial charge < -0.3 is 14.5 Å². The van der Waals surface area contributed by atoms with E-state index in [1.807, 2.05) is 30.3 Å². The predicted octanol–water partition coefficient (Wildman–Crippen LogP) is 3.72. The molecule has 0 unspecified atom stereocenters. The lowest BCUT2D eigenvalue weighted by molar-refractivity contribution is -0.141. The Balaban J connectivity index is 1.86. The predicted molar refractivity (Wildman–Crippen MR) is 103 cm³/mol. The molecule has 0 radical (unpaired) electrons. The molecule has 0 amide bonds. The second-order valence-electron chi connectivity index (χ2n) is 5.84. The molecule has 1 N–H and O–H groups in total. The fourth-order valence-corrected chi connectivity index (χ4v) is 3.49. The molecule has 1 heterocycles. The lowest BCUT2D eigenvalue weighted by Gasteiger charge is -2.06. The number of thioether (sulfide) groups is 1. The number of aryl methyl sites for hydroxylation is 1. The fraction of sp³-hybridized carbons (Fsp3) is 0.350. The summed E-state index contributed by atoms with van der Waals surface area (Å²) in [5, 5.41) is 0. The Labute approximate surface area is 162 Å². The van der Waals surface area contributed by atoms with Gasteiger partial charge in [0.05, 0.1) is 13.0 Å². The Hall–Kier alpha value is -2.54. The molecule has 0 spiro atoms. The number of Topliss-reactive ketones (excluding diaryl/α,β-unsaturated/α-hetero) is 1. The van der Waals surface area contributed by atoms with E-state index < -0.39 is 11.9 Å². The van der Waals surface area contributed by atoms with Crippen LogP contribution in [0.3, 0.4) is 0 Å². The van der Waals surface area contributed by atoms with E-state index in [1.165, 1.54) is 0 Å². The first-order valence-electron chi connectivity index (χ1n) is 8.67. The maximum absolute atomic E-state index is 12.4. The number of hydrogen-bond acceptors (Lipinski definition) is 6. The number of hydrogen-bond donors (Lipinski definition) is 1. The second kappa shape index (κ2) is 9.97. The number of H-pyrrole nitrogens is 1. The molecular formula is C20H23NO5S. The van der Waals surface area contributed by atoms with Crippen LogP contribution in [0.5, 0.6) is 0 Å². The standard InChI is InChI=1S/C20H23NO5S/c1-4-25-20(24)19-13(2)18(14(3)21-19)16(22)12-26-17(23)10-11-27-15-8-6-5-7-9-15/h5-9,21H,4,10-12H2,1-3H3. The van der Waals surface area contributed by atoms with E-state index in [0.29, 0.717) is 22.6 Å². The molecule has 2 aromatic rings. The SMILES string of the molecule is CCOC(=O)c1[nH]c(C)c(C(=O)COC(=O)CCSc2ccccc2)c1C. The van der Waals surface area contributed by atoms with Gasteiger partial charge >= 0.3 is 11.9 Å². The number of rotatable bonds is 9. The van der Waals surface area contributed by atoms with Crippen molar-refractivity contribution < 1.29 is 23.9 Å². The molecule has 0 fully saturated rings. The summed E-state index contributed by atoms with van der Waals surface area (Å²) in [6.07, 6.45) is 0.214. The highest BCUT2D eigenvalue weighted by Crippen LogP contribution is 2.20. The van der Waals surface area contributed by atoms with Crippen LogP contribution in [0.15, 0.2) is 35.2 Å². The van der Waals surface area contributed by atoms with Gasteiger partial charge in [-0.3, -0.25) is 9.59 Å². The topological polar surface area (TPSA) is 85.5 Å². The molecule has 0 aliphatic rings. The molecule has 0 saturated heterocycles. The molecule has 1 aromatic heterocycles. The van der Waals surface area contributed by atoms with Crippen LogP contribution >= 0.6 is 11.8 Å². The highest BCUT2D eigenvalue weighted by molar-refractivity contribution is 7.99. The van der Waals surface area contributed by atoms with Gasteiger partial charge in [0.1, 0.15) is 5.69 Å². The fourth-order valence-electron chi connectivity index (χ4n) is 2.63. The van der Waals surface area contributed by atoms with Crippen molar-refractivity contribution in [1.29, 1.82) is 0 Å². The number of benzene rings is 1. The van der Waals surface area contributed by atoms with E-state index in [4.69, 9.17) is 9.47 Å². The van der Waals surface area contributed by atoms with E-state index >= 15 is 0 Å².